The summed E-state index contributed by atoms with van der Waals surface area (Å²) < 4.78 is 10.7. The van der Waals surface area contributed by atoms with Gasteiger partial charge in [0.1, 0.15) is 5.75 Å². The maximum absolute atomic E-state index is 12.2. The van der Waals surface area contributed by atoms with Crippen molar-refractivity contribution in [2.45, 2.75) is 38.6 Å². The number of fused-ring (bicyclic) bond motifs is 2. The molecule has 25 heavy (non-hydrogen) atoms. The number of benzene rings is 1. The summed E-state index contributed by atoms with van der Waals surface area (Å²) >= 11 is 0. The van der Waals surface area contributed by atoms with E-state index in [0.717, 1.165) is 17.4 Å². The molecule has 2 saturated carbocycles. The Morgan fingerprint density at radius 2 is 2.16 bits per heavy atom. The van der Waals surface area contributed by atoms with Gasteiger partial charge < -0.3 is 14.5 Å². The van der Waals surface area contributed by atoms with Gasteiger partial charge in [0.25, 0.3) is 5.91 Å². The highest BCUT2D eigenvalue weighted by Gasteiger charge is 2.42. The molecular weight excluding hydrogens is 318 g/mol. The Morgan fingerprint density at radius 1 is 1.32 bits per heavy atom. The topological polar surface area (TPSA) is 77.2 Å². The molecule has 0 spiro atoms. The van der Waals surface area contributed by atoms with E-state index < -0.39 is 0 Å². The molecule has 0 aliphatic heterocycles. The largest absolute Gasteiger partial charge is 0.484 e. The van der Waals surface area contributed by atoms with Gasteiger partial charge in [0.05, 0.1) is 0 Å². The van der Waals surface area contributed by atoms with Crippen molar-refractivity contribution >= 4 is 5.91 Å². The zero-order valence-corrected chi connectivity index (χ0v) is 14.4. The van der Waals surface area contributed by atoms with Crippen molar-refractivity contribution in [3.63, 3.8) is 0 Å². The van der Waals surface area contributed by atoms with Gasteiger partial charge in [-0.3, -0.25) is 4.79 Å². The Balaban J connectivity index is 1.26. The average molecular weight is 341 g/mol. The normalized spacial score (nSPS) is 25.7. The number of hydrogen-bond donors (Lipinski definition) is 1. The molecule has 4 rings (SSSR count). The minimum absolute atomic E-state index is 0.0328. The zero-order valence-electron chi connectivity index (χ0n) is 14.4. The van der Waals surface area contributed by atoms with Gasteiger partial charge in [-0.2, -0.15) is 0 Å². The van der Waals surface area contributed by atoms with Crippen molar-refractivity contribution in [2.24, 2.45) is 17.8 Å². The summed E-state index contributed by atoms with van der Waals surface area (Å²) in [6, 6.07) is 7.49. The lowest BCUT2D eigenvalue weighted by Crippen LogP contribution is -2.42. The Labute approximate surface area is 147 Å². The predicted molar refractivity (Wildman–Crippen MR) is 91.8 cm³/mol. The van der Waals surface area contributed by atoms with Gasteiger partial charge in [-0.05, 0) is 68.2 Å². The van der Waals surface area contributed by atoms with Crippen LogP contribution in [0.2, 0.25) is 0 Å². The maximum atomic E-state index is 12.2. The van der Waals surface area contributed by atoms with Crippen LogP contribution in [0.25, 0.3) is 11.5 Å². The third-order valence-corrected chi connectivity index (χ3v) is 5.65. The molecule has 2 aliphatic carbocycles. The Kier molecular flexibility index (Phi) is 4.42. The minimum Gasteiger partial charge on any atom is -0.484 e. The molecule has 6 heteroatoms. The first-order valence-corrected chi connectivity index (χ1v) is 8.98. The van der Waals surface area contributed by atoms with E-state index in [2.05, 4.69) is 22.4 Å². The van der Waals surface area contributed by atoms with Crippen LogP contribution in [0.4, 0.5) is 0 Å². The van der Waals surface area contributed by atoms with Crippen LogP contribution >= 0.6 is 0 Å². The van der Waals surface area contributed by atoms with E-state index in [1.165, 1.54) is 32.1 Å². The number of aromatic nitrogens is 2. The molecule has 1 aromatic heterocycles. The number of amides is 1. The monoisotopic (exact) mass is 341 g/mol. The highest BCUT2D eigenvalue weighted by molar-refractivity contribution is 5.77. The number of ether oxygens (including phenoxy) is 1. The smallest absolute Gasteiger partial charge is 0.258 e. The fourth-order valence-electron chi connectivity index (χ4n) is 4.45. The van der Waals surface area contributed by atoms with Crippen LogP contribution in [0.15, 0.2) is 35.1 Å². The highest BCUT2D eigenvalue weighted by Crippen LogP contribution is 2.49. The molecule has 4 atom stereocenters. The molecule has 1 heterocycles. The lowest BCUT2D eigenvalue weighted by molar-refractivity contribution is -0.124. The summed E-state index contributed by atoms with van der Waals surface area (Å²) in [5.74, 6) is 3.38. The number of carbonyl (C=O) groups excluding carboxylic acids is 1. The summed E-state index contributed by atoms with van der Waals surface area (Å²) in [5.41, 5.74) is 0.819. The van der Waals surface area contributed by atoms with Crippen LogP contribution in [0, 0.1) is 17.8 Å². The van der Waals surface area contributed by atoms with Crippen LogP contribution in [0.1, 0.15) is 32.6 Å². The van der Waals surface area contributed by atoms with Crippen molar-refractivity contribution in [2.75, 3.05) is 6.61 Å². The fourth-order valence-corrected chi connectivity index (χ4v) is 4.45. The van der Waals surface area contributed by atoms with Crippen molar-refractivity contribution in [3.05, 3.63) is 30.7 Å². The molecule has 1 aromatic carbocycles. The second kappa shape index (κ2) is 6.86. The van der Waals surface area contributed by atoms with E-state index in [-0.39, 0.29) is 18.6 Å². The third-order valence-electron chi connectivity index (χ3n) is 5.65. The second-order valence-electron chi connectivity index (χ2n) is 7.25. The maximum Gasteiger partial charge on any atom is 0.258 e. The molecule has 1 amide bonds. The van der Waals surface area contributed by atoms with Crippen molar-refractivity contribution in [1.82, 2.24) is 15.5 Å². The fraction of sp³-hybridized carbons (Fsp3) is 0.526. The van der Waals surface area contributed by atoms with Gasteiger partial charge in [-0.25, -0.2) is 0 Å². The van der Waals surface area contributed by atoms with Crippen LogP contribution in [-0.2, 0) is 4.79 Å². The summed E-state index contributed by atoms with van der Waals surface area (Å²) in [6.07, 6.45) is 6.63. The first kappa shape index (κ1) is 16.1. The van der Waals surface area contributed by atoms with Gasteiger partial charge in [0.15, 0.2) is 6.61 Å². The lowest BCUT2D eigenvalue weighted by Gasteiger charge is -2.28. The van der Waals surface area contributed by atoms with Crippen LogP contribution < -0.4 is 10.1 Å². The summed E-state index contributed by atoms with van der Waals surface area (Å²) in [7, 11) is 0. The van der Waals surface area contributed by atoms with Gasteiger partial charge in [0.2, 0.25) is 12.3 Å². The number of carbonyl (C=O) groups is 1. The number of hydrogen-bond acceptors (Lipinski definition) is 5. The van der Waals surface area contributed by atoms with Crippen LogP contribution in [0.3, 0.4) is 0 Å². The van der Waals surface area contributed by atoms with Gasteiger partial charge >= 0.3 is 0 Å². The lowest BCUT2D eigenvalue weighted by atomic mass is 9.84. The molecule has 2 aliphatic rings. The second-order valence-corrected chi connectivity index (χ2v) is 7.25. The molecule has 2 aromatic rings. The molecule has 132 valence electrons. The van der Waals surface area contributed by atoms with E-state index in [0.29, 0.717) is 17.6 Å². The molecule has 2 bridgehead atoms. The first-order valence-electron chi connectivity index (χ1n) is 8.98. The SMILES string of the molecule is C[C@H](NC(=O)COc1ccc(-c2nnco2)cc1)[C@@H]1C[C@H]2CC[C@H]1C2. The molecular formula is C19H23N3O3. The van der Waals surface area contributed by atoms with Crippen molar-refractivity contribution < 1.29 is 13.9 Å². The number of nitrogens with zero attached hydrogens (tertiary/aromatic N) is 2. The molecule has 0 radical (unpaired) electrons. The number of rotatable bonds is 6. The summed E-state index contributed by atoms with van der Waals surface area (Å²) in [5, 5.41) is 10.6. The quantitative estimate of drug-likeness (QED) is 0.874. The van der Waals surface area contributed by atoms with Gasteiger partial charge in [0, 0.05) is 11.6 Å². The van der Waals surface area contributed by atoms with Crippen LogP contribution in [0.5, 0.6) is 5.75 Å². The van der Waals surface area contributed by atoms with E-state index in [4.69, 9.17) is 9.15 Å². The zero-order chi connectivity index (χ0) is 17.2. The molecule has 2 fully saturated rings. The Hall–Kier alpha value is -2.37. The van der Waals surface area contributed by atoms with E-state index in [1.807, 2.05) is 12.1 Å². The Bertz CT molecular complexity index is 714. The van der Waals surface area contributed by atoms with E-state index in [9.17, 15) is 4.79 Å². The highest BCUT2D eigenvalue weighted by atomic mass is 16.5. The van der Waals surface area contributed by atoms with Crippen molar-refractivity contribution in [3.8, 4) is 17.2 Å². The predicted octanol–water partition coefficient (Wildman–Crippen LogP) is 3.06. The average Bonchev–Trinajstić information content (AvgIpc) is 3.37. The van der Waals surface area contributed by atoms with E-state index in [1.54, 1.807) is 12.1 Å². The molecule has 1 N–H and O–H groups in total. The standard InChI is InChI=1S/C19H23N3O3/c1-12(17-9-13-2-3-15(17)8-13)21-18(23)10-24-16-6-4-14(5-7-16)19-22-20-11-25-19/h4-7,11-13,15,17H,2-3,8-10H2,1H3,(H,21,23)/t12-,13-,15-,17-/m0/s1. The van der Waals surface area contributed by atoms with Gasteiger partial charge in [-0.1, -0.05) is 6.42 Å². The molecule has 6 nitrogen and oxygen atoms in total. The molecule has 0 saturated heterocycles. The van der Waals surface area contributed by atoms with E-state index >= 15 is 0 Å². The van der Waals surface area contributed by atoms with Crippen molar-refractivity contribution in [1.29, 1.82) is 0 Å². The number of nitrogens with one attached hydrogen (secondary N) is 1. The Morgan fingerprint density at radius 3 is 2.80 bits per heavy atom. The van der Waals surface area contributed by atoms with Gasteiger partial charge in [-0.15, -0.1) is 10.2 Å². The molecule has 0 unspecified atom stereocenters. The van der Waals surface area contributed by atoms with Crippen LogP contribution in [-0.4, -0.2) is 28.8 Å². The first-order chi connectivity index (χ1) is 12.2. The summed E-state index contributed by atoms with van der Waals surface area (Å²) in [4.78, 5) is 12.2. The summed E-state index contributed by atoms with van der Waals surface area (Å²) in [6.45, 7) is 2.16. The minimum atomic E-state index is -0.0590. The third kappa shape index (κ3) is 3.52.